The molecule has 0 fully saturated rings. The van der Waals surface area contributed by atoms with Crippen LogP contribution < -0.4 is 5.73 Å². The molecule has 0 aliphatic rings. The lowest BCUT2D eigenvalue weighted by Crippen LogP contribution is -2.02. The molecule has 0 saturated carbocycles. The van der Waals surface area contributed by atoms with E-state index in [2.05, 4.69) is 63.6 Å². The summed E-state index contributed by atoms with van der Waals surface area (Å²) < 4.78 is 3.35. The summed E-state index contributed by atoms with van der Waals surface area (Å²) in [4.78, 5) is 4.25. The summed E-state index contributed by atoms with van der Waals surface area (Å²) in [5.74, 6) is 0. The topological polar surface area (TPSA) is 43.8 Å². The number of nitrogens with two attached hydrogens (primary N) is 1. The van der Waals surface area contributed by atoms with Crippen molar-refractivity contribution in [3.63, 3.8) is 0 Å². The molecule has 0 aliphatic carbocycles. The van der Waals surface area contributed by atoms with E-state index in [4.69, 9.17) is 5.73 Å². The summed E-state index contributed by atoms with van der Waals surface area (Å²) in [7, 11) is 0. The van der Waals surface area contributed by atoms with Crippen LogP contribution in [0.3, 0.4) is 0 Å². The third-order valence-corrected chi connectivity index (χ3v) is 4.47. The summed E-state index contributed by atoms with van der Waals surface area (Å²) >= 11 is 3.48. The molecule has 108 valence electrons. The van der Waals surface area contributed by atoms with E-state index in [0.29, 0.717) is 6.54 Å². The molecule has 3 rings (SSSR count). The van der Waals surface area contributed by atoms with Crippen LogP contribution in [0.1, 0.15) is 22.4 Å². The Hall–Kier alpha value is -1.65. The molecule has 0 radical (unpaired) electrons. The highest BCUT2D eigenvalue weighted by atomic mass is 79.9. The molecule has 0 spiro atoms. The first-order chi connectivity index (χ1) is 10.1. The van der Waals surface area contributed by atoms with Crippen molar-refractivity contribution < 1.29 is 0 Å². The minimum atomic E-state index is 0.579. The summed E-state index contributed by atoms with van der Waals surface area (Å²) in [6, 6.07) is 8.59. The standard InChI is InChI=1S/C17H18BrN3/c1-11-12(2)21(10-14-5-15(18)9-20-8-14)17-4-3-13(7-19)6-16(11)17/h3-6,8-9H,7,10,19H2,1-2H3. The monoisotopic (exact) mass is 343 g/mol. The van der Waals surface area contributed by atoms with E-state index in [9.17, 15) is 0 Å². The van der Waals surface area contributed by atoms with Crippen LogP contribution in [0.5, 0.6) is 0 Å². The van der Waals surface area contributed by atoms with Gasteiger partial charge in [0.25, 0.3) is 0 Å². The number of benzene rings is 1. The van der Waals surface area contributed by atoms with Crippen molar-refractivity contribution in [2.24, 2.45) is 5.73 Å². The van der Waals surface area contributed by atoms with Gasteiger partial charge in [0.2, 0.25) is 0 Å². The molecule has 3 nitrogen and oxygen atoms in total. The van der Waals surface area contributed by atoms with Crippen molar-refractivity contribution in [3.05, 3.63) is 63.5 Å². The molecule has 21 heavy (non-hydrogen) atoms. The number of halogens is 1. The normalized spacial score (nSPS) is 11.2. The summed E-state index contributed by atoms with van der Waals surface area (Å²) in [5, 5.41) is 1.29. The van der Waals surface area contributed by atoms with Crippen LogP contribution in [-0.2, 0) is 13.1 Å². The molecule has 0 bridgehead atoms. The molecular formula is C17H18BrN3. The molecule has 0 aliphatic heterocycles. The molecule has 4 heteroatoms. The van der Waals surface area contributed by atoms with E-state index in [1.165, 1.54) is 33.3 Å². The number of rotatable bonds is 3. The van der Waals surface area contributed by atoms with E-state index >= 15 is 0 Å². The van der Waals surface area contributed by atoms with Gasteiger partial charge in [0.1, 0.15) is 0 Å². The van der Waals surface area contributed by atoms with Crippen LogP contribution in [0.4, 0.5) is 0 Å². The third-order valence-electron chi connectivity index (χ3n) is 4.04. The highest BCUT2D eigenvalue weighted by Gasteiger charge is 2.11. The van der Waals surface area contributed by atoms with E-state index in [0.717, 1.165) is 11.0 Å². The van der Waals surface area contributed by atoms with Gasteiger partial charge in [-0.25, -0.2) is 0 Å². The number of pyridine rings is 1. The van der Waals surface area contributed by atoms with Crippen molar-refractivity contribution in [1.82, 2.24) is 9.55 Å². The number of hydrogen-bond acceptors (Lipinski definition) is 2. The van der Waals surface area contributed by atoms with Gasteiger partial charge in [-0.3, -0.25) is 4.98 Å². The summed E-state index contributed by atoms with van der Waals surface area (Å²) in [5.41, 5.74) is 12.0. The minimum absolute atomic E-state index is 0.579. The SMILES string of the molecule is Cc1c(C)n(Cc2cncc(Br)c2)c2ccc(CN)cc12. The van der Waals surface area contributed by atoms with Gasteiger partial charge >= 0.3 is 0 Å². The number of nitrogens with zero attached hydrogens (tertiary/aromatic N) is 2. The Morgan fingerprint density at radius 1 is 1.14 bits per heavy atom. The predicted molar refractivity (Wildman–Crippen MR) is 90.3 cm³/mol. The quantitative estimate of drug-likeness (QED) is 0.783. The van der Waals surface area contributed by atoms with Gasteiger partial charge < -0.3 is 10.3 Å². The molecule has 1 aromatic carbocycles. The first-order valence-electron chi connectivity index (χ1n) is 6.98. The van der Waals surface area contributed by atoms with Crippen LogP contribution in [0, 0.1) is 13.8 Å². The van der Waals surface area contributed by atoms with E-state index < -0.39 is 0 Å². The van der Waals surface area contributed by atoms with Gasteiger partial charge in [-0.05, 0) is 64.7 Å². The van der Waals surface area contributed by atoms with E-state index in [1.807, 2.05) is 12.4 Å². The van der Waals surface area contributed by atoms with Crippen LogP contribution in [-0.4, -0.2) is 9.55 Å². The maximum absolute atomic E-state index is 5.76. The molecule has 2 heterocycles. The molecule has 2 N–H and O–H groups in total. The van der Waals surface area contributed by atoms with Crippen molar-refractivity contribution in [3.8, 4) is 0 Å². The Kier molecular flexibility index (Phi) is 3.83. The second-order valence-corrected chi connectivity index (χ2v) is 6.28. The van der Waals surface area contributed by atoms with Crippen LogP contribution in [0.25, 0.3) is 10.9 Å². The smallest absolute Gasteiger partial charge is 0.0494 e. The molecule has 3 aromatic rings. The molecule has 0 atom stereocenters. The fourth-order valence-corrected chi connectivity index (χ4v) is 3.16. The Morgan fingerprint density at radius 3 is 2.67 bits per heavy atom. The van der Waals surface area contributed by atoms with Crippen molar-refractivity contribution in [2.45, 2.75) is 26.9 Å². The van der Waals surface area contributed by atoms with E-state index in [-0.39, 0.29) is 0 Å². The lowest BCUT2D eigenvalue weighted by molar-refractivity contribution is 0.796. The maximum atomic E-state index is 5.76. The van der Waals surface area contributed by atoms with Crippen LogP contribution in [0.15, 0.2) is 41.1 Å². The lowest BCUT2D eigenvalue weighted by atomic mass is 10.1. The predicted octanol–water partition coefficient (Wildman–Crippen LogP) is 3.92. The summed E-state index contributed by atoms with van der Waals surface area (Å²) in [6.45, 7) is 5.75. The number of aryl methyl sites for hydroxylation is 1. The van der Waals surface area contributed by atoms with Gasteiger partial charge in [-0.1, -0.05) is 6.07 Å². The fourth-order valence-electron chi connectivity index (χ4n) is 2.75. The molecule has 0 amide bonds. The van der Waals surface area contributed by atoms with Crippen molar-refractivity contribution in [1.29, 1.82) is 0 Å². The maximum Gasteiger partial charge on any atom is 0.0494 e. The Balaban J connectivity index is 2.12. The largest absolute Gasteiger partial charge is 0.340 e. The molecule has 0 unspecified atom stereocenters. The minimum Gasteiger partial charge on any atom is -0.340 e. The molecular weight excluding hydrogens is 326 g/mol. The molecule has 0 saturated heterocycles. The van der Waals surface area contributed by atoms with Crippen LogP contribution in [0.2, 0.25) is 0 Å². The van der Waals surface area contributed by atoms with E-state index in [1.54, 1.807) is 0 Å². The fraction of sp³-hybridized carbons (Fsp3) is 0.235. The Morgan fingerprint density at radius 2 is 1.95 bits per heavy atom. The van der Waals surface area contributed by atoms with Crippen molar-refractivity contribution >= 4 is 26.8 Å². The number of fused-ring (bicyclic) bond motifs is 1. The Labute approximate surface area is 132 Å². The zero-order valence-electron chi connectivity index (χ0n) is 12.2. The zero-order valence-corrected chi connectivity index (χ0v) is 13.8. The van der Waals surface area contributed by atoms with Crippen molar-refractivity contribution in [2.75, 3.05) is 0 Å². The van der Waals surface area contributed by atoms with Gasteiger partial charge in [0.05, 0.1) is 0 Å². The lowest BCUT2D eigenvalue weighted by Gasteiger charge is -2.09. The second kappa shape index (κ2) is 5.62. The average Bonchev–Trinajstić information content (AvgIpc) is 2.72. The first-order valence-corrected chi connectivity index (χ1v) is 7.77. The second-order valence-electron chi connectivity index (χ2n) is 5.36. The third kappa shape index (κ3) is 2.61. The van der Waals surface area contributed by atoms with Gasteiger partial charge in [-0.2, -0.15) is 0 Å². The first kappa shape index (κ1) is 14.3. The summed E-state index contributed by atoms with van der Waals surface area (Å²) in [6.07, 6.45) is 3.72. The number of aromatic nitrogens is 2. The molecule has 2 aromatic heterocycles. The zero-order chi connectivity index (χ0) is 15.0. The number of hydrogen-bond donors (Lipinski definition) is 1. The van der Waals surface area contributed by atoms with Gasteiger partial charge in [0, 0.05) is 46.6 Å². The van der Waals surface area contributed by atoms with Crippen LogP contribution >= 0.6 is 15.9 Å². The average molecular weight is 344 g/mol. The van der Waals surface area contributed by atoms with Gasteiger partial charge in [-0.15, -0.1) is 0 Å². The van der Waals surface area contributed by atoms with Gasteiger partial charge in [0.15, 0.2) is 0 Å². The highest BCUT2D eigenvalue weighted by molar-refractivity contribution is 9.10. The highest BCUT2D eigenvalue weighted by Crippen LogP contribution is 2.27. The Bertz CT molecular complexity index is 805.